The Hall–Kier alpha value is -1.47. The van der Waals surface area contributed by atoms with E-state index >= 15 is 0 Å². The summed E-state index contributed by atoms with van der Waals surface area (Å²) < 4.78 is 22.7. The maximum Gasteiger partial charge on any atom is 0.267 e. The molecule has 1 heterocycles. The molecule has 0 unspecified atom stereocenters. The number of carbonyl (C=O) groups is 1. The SMILES string of the molecule is COc1nsc(C(=O)N(Cc2ccc(F)cc2)C(C)C)c1Br. The summed E-state index contributed by atoms with van der Waals surface area (Å²) in [7, 11) is 1.51. The lowest BCUT2D eigenvalue weighted by molar-refractivity contribution is 0.0694. The zero-order valence-electron chi connectivity index (χ0n) is 12.5. The van der Waals surface area contributed by atoms with Gasteiger partial charge in [-0.2, -0.15) is 4.37 Å². The van der Waals surface area contributed by atoms with Gasteiger partial charge in [-0.25, -0.2) is 4.39 Å². The van der Waals surface area contributed by atoms with E-state index in [1.165, 1.54) is 19.2 Å². The molecule has 0 bridgehead atoms. The monoisotopic (exact) mass is 386 g/mol. The maximum atomic E-state index is 13.0. The van der Waals surface area contributed by atoms with Crippen molar-refractivity contribution in [2.45, 2.75) is 26.4 Å². The van der Waals surface area contributed by atoms with Crippen LogP contribution in [0, 0.1) is 5.82 Å². The third-order valence-corrected chi connectivity index (χ3v) is 4.96. The Kier molecular flexibility index (Phi) is 5.52. The number of benzene rings is 1. The summed E-state index contributed by atoms with van der Waals surface area (Å²) in [6.45, 7) is 4.28. The second kappa shape index (κ2) is 7.19. The Balaban J connectivity index is 2.25. The van der Waals surface area contributed by atoms with Gasteiger partial charge in [-0.05, 0) is 59.0 Å². The topological polar surface area (TPSA) is 42.4 Å². The Bertz CT molecular complexity index is 658. The summed E-state index contributed by atoms with van der Waals surface area (Å²) in [5.74, 6) is -0.0213. The number of nitrogens with zero attached hydrogens (tertiary/aromatic N) is 2. The zero-order chi connectivity index (χ0) is 16.3. The molecule has 1 aromatic heterocycles. The molecular formula is C15H16BrFN2O2S. The highest BCUT2D eigenvalue weighted by Crippen LogP contribution is 2.32. The third-order valence-electron chi connectivity index (χ3n) is 3.14. The fourth-order valence-corrected chi connectivity index (χ4v) is 3.39. The molecule has 4 nitrogen and oxygen atoms in total. The van der Waals surface area contributed by atoms with E-state index in [0.717, 1.165) is 17.1 Å². The van der Waals surface area contributed by atoms with Crippen molar-refractivity contribution in [2.75, 3.05) is 7.11 Å². The molecule has 22 heavy (non-hydrogen) atoms. The number of halogens is 2. The van der Waals surface area contributed by atoms with Crippen molar-refractivity contribution in [3.8, 4) is 5.88 Å². The van der Waals surface area contributed by atoms with E-state index < -0.39 is 0 Å². The lowest BCUT2D eigenvalue weighted by Crippen LogP contribution is -2.36. The molecule has 0 atom stereocenters. The average molecular weight is 387 g/mol. The van der Waals surface area contributed by atoms with E-state index in [2.05, 4.69) is 20.3 Å². The molecule has 0 aliphatic rings. The van der Waals surface area contributed by atoms with Crippen molar-refractivity contribution in [3.05, 3.63) is 45.0 Å². The molecular weight excluding hydrogens is 371 g/mol. The first-order valence-corrected chi connectivity index (χ1v) is 8.25. The average Bonchev–Trinajstić information content (AvgIpc) is 2.86. The summed E-state index contributed by atoms with van der Waals surface area (Å²) in [6.07, 6.45) is 0. The second-order valence-electron chi connectivity index (χ2n) is 4.99. The standard InChI is InChI=1S/C15H16BrFN2O2S/c1-9(2)19(8-10-4-6-11(17)7-5-10)15(20)13-12(16)14(21-3)18-22-13/h4-7,9H,8H2,1-3H3. The van der Waals surface area contributed by atoms with E-state index in [-0.39, 0.29) is 17.8 Å². The number of hydrogen-bond acceptors (Lipinski definition) is 4. The van der Waals surface area contributed by atoms with Crippen LogP contribution in [0.5, 0.6) is 5.88 Å². The molecule has 0 radical (unpaired) electrons. The highest BCUT2D eigenvalue weighted by atomic mass is 79.9. The molecule has 118 valence electrons. The van der Waals surface area contributed by atoms with E-state index in [9.17, 15) is 9.18 Å². The van der Waals surface area contributed by atoms with Gasteiger partial charge in [-0.15, -0.1) is 0 Å². The van der Waals surface area contributed by atoms with Crippen LogP contribution in [0.1, 0.15) is 29.1 Å². The Morgan fingerprint density at radius 2 is 2.05 bits per heavy atom. The normalized spacial score (nSPS) is 10.8. The number of ether oxygens (including phenoxy) is 1. The minimum absolute atomic E-state index is 0.00227. The van der Waals surface area contributed by atoms with Crippen molar-refractivity contribution < 1.29 is 13.9 Å². The van der Waals surface area contributed by atoms with Crippen LogP contribution in [0.15, 0.2) is 28.7 Å². The predicted molar refractivity (Wildman–Crippen MR) is 87.8 cm³/mol. The summed E-state index contributed by atoms with van der Waals surface area (Å²) in [4.78, 5) is 15.0. The van der Waals surface area contributed by atoms with E-state index in [1.807, 2.05) is 13.8 Å². The molecule has 2 rings (SSSR count). The van der Waals surface area contributed by atoms with Crippen LogP contribution >= 0.6 is 27.5 Å². The van der Waals surface area contributed by atoms with Gasteiger partial charge in [0.25, 0.3) is 5.91 Å². The van der Waals surface area contributed by atoms with Crippen molar-refractivity contribution in [3.63, 3.8) is 0 Å². The number of carbonyl (C=O) groups excluding carboxylic acids is 1. The van der Waals surface area contributed by atoms with Gasteiger partial charge in [-0.1, -0.05) is 12.1 Å². The summed E-state index contributed by atoms with van der Waals surface area (Å²) in [6, 6.07) is 6.15. The van der Waals surface area contributed by atoms with Gasteiger partial charge in [0.1, 0.15) is 15.2 Å². The number of rotatable bonds is 5. The Labute approximate surface area is 141 Å². The molecule has 1 amide bonds. The van der Waals surface area contributed by atoms with E-state index in [1.54, 1.807) is 17.0 Å². The van der Waals surface area contributed by atoms with E-state index in [4.69, 9.17) is 4.74 Å². The van der Waals surface area contributed by atoms with Crippen molar-refractivity contribution in [2.24, 2.45) is 0 Å². The molecule has 0 saturated carbocycles. The van der Waals surface area contributed by atoms with Crippen molar-refractivity contribution in [1.82, 2.24) is 9.27 Å². The highest BCUT2D eigenvalue weighted by molar-refractivity contribution is 9.10. The second-order valence-corrected chi connectivity index (χ2v) is 6.55. The molecule has 0 spiro atoms. The molecule has 0 saturated heterocycles. The minimum atomic E-state index is -0.291. The van der Waals surface area contributed by atoms with Crippen LogP contribution in [-0.4, -0.2) is 28.3 Å². The van der Waals surface area contributed by atoms with Gasteiger partial charge in [0, 0.05) is 12.6 Å². The van der Waals surface area contributed by atoms with Crippen LogP contribution < -0.4 is 4.74 Å². The first-order chi connectivity index (χ1) is 10.4. The molecule has 7 heteroatoms. The van der Waals surface area contributed by atoms with E-state index in [0.29, 0.717) is 21.8 Å². The van der Waals surface area contributed by atoms with Gasteiger partial charge in [-0.3, -0.25) is 4.79 Å². The first-order valence-electron chi connectivity index (χ1n) is 6.68. The fourth-order valence-electron chi connectivity index (χ4n) is 1.93. The minimum Gasteiger partial charge on any atom is -0.480 e. The quantitative estimate of drug-likeness (QED) is 0.776. The number of aromatic nitrogens is 1. The third kappa shape index (κ3) is 3.64. The summed E-state index contributed by atoms with van der Waals surface area (Å²) in [5.41, 5.74) is 0.871. The molecule has 1 aromatic carbocycles. The van der Waals surface area contributed by atoms with Crippen LogP contribution in [0.4, 0.5) is 4.39 Å². The zero-order valence-corrected chi connectivity index (χ0v) is 14.9. The van der Waals surface area contributed by atoms with Crippen molar-refractivity contribution >= 4 is 33.4 Å². The van der Waals surface area contributed by atoms with Crippen LogP contribution in [-0.2, 0) is 6.54 Å². The summed E-state index contributed by atoms with van der Waals surface area (Å²) in [5, 5.41) is 0. The molecule has 0 N–H and O–H groups in total. The number of hydrogen-bond donors (Lipinski definition) is 0. The van der Waals surface area contributed by atoms with Crippen LogP contribution in [0.25, 0.3) is 0 Å². The molecule has 0 aliphatic carbocycles. The Morgan fingerprint density at radius 3 is 2.55 bits per heavy atom. The summed E-state index contributed by atoms with van der Waals surface area (Å²) >= 11 is 4.44. The van der Waals surface area contributed by atoms with Crippen LogP contribution in [0.3, 0.4) is 0 Å². The van der Waals surface area contributed by atoms with Gasteiger partial charge in [0.2, 0.25) is 5.88 Å². The Morgan fingerprint density at radius 1 is 1.41 bits per heavy atom. The van der Waals surface area contributed by atoms with Crippen molar-refractivity contribution in [1.29, 1.82) is 0 Å². The smallest absolute Gasteiger partial charge is 0.267 e. The van der Waals surface area contributed by atoms with Crippen LogP contribution in [0.2, 0.25) is 0 Å². The number of amides is 1. The largest absolute Gasteiger partial charge is 0.480 e. The first kappa shape index (κ1) is 16.9. The highest BCUT2D eigenvalue weighted by Gasteiger charge is 2.25. The lowest BCUT2D eigenvalue weighted by Gasteiger charge is -2.26. The van der Waals surface area contributed by atoms with Gasteiger partial charge in [0.05, 0.1) is 7.11 Å². The number of methoxy groups -OCH3 is 1. The lowest BCUT2D eigenvalue weighted by atomic mass is 10.1. The fraction of sp³-hybridized carbons (Fsp3) is 0.333. The molecule has 0 fully saturated rings. The van der Waals surface area contributed by atoms with Gasteiger partial charge < -0.3 is 9.64 Å². The predicted octanol–water partition coefficient (Wildman–Crippen LogP) is 4.10. The van der Waals surface area contributed by atoms with Gasteiger partial charge >= 0.3 is 0 Å². The molecule has 0 aliphatic heterocycles. The maximum absolute atomic E-state index is 13.0. The molecule has 2 aromatic rings. The van der Waals surface area contributed by atoms with Gasteiger partial charge in [0.15, 0.2) is 0 Å².